The molecule has 0 saturated heterocycles. The molecule has 164 valence electrons. The SMILES string of the molecule is Cc1ccc(NS(=O)(=O)c2ccc3c(c2)[C@H]2C=CC[C@H]2[C@@H](c2ccc(Cl)cc2)N3)cc1Cl. The quantitative estimate of drug-likeness (QED) is 0.394. The molecule has 5 rings (SSSR count). The van der Waals surface area contributed by atoms with Gasteiger partial charge in [-0.1, -0.05) is 53.6 Å². The van der Waals surface area contributed by atoms with Gasteiger partial charge in [0.25, 0.3) is 10.0 Å². The van der Waals surface area contributed by atoms with Crippen molar-refractivity contribution in [2.45, 2.75) is 30.2 Å². The standard InChI is InChI=1S/C25H22Cl2N2O2S/c1-15-5-10-18(13-23(15)27)29-32(30,31)19-11-12-24-22(14-19)20-3-2-4-21(20)25(28-24)16-6-8-17(26)9-7-16/h2-3,5-14,20-21,25,28-29H,4H2,1H3/t20-,21+,25+/m0/s1. The van der Waals surface area contributed by atoms with Crippen LogP contribution in [0.4, 0.5) is 11.4 Å². The van der Waals surface area contributed by atoms with E-state index in [0.29, 0.717) is 21.7 Å². The number of sulfonamides is 1. The third-order valence-electron chi connectivity index (χ3n) is 6.30. The maximum absolute atomic E-state index is 13.1. The van der Waals surface area contributed by atoms with Crippen molar-refractivity contribution in [2.75, 3.05) is 10.0 Å². The molecule has 1 heterocycles. The number of rotatable bonds is 4. The molecule has 1 aliphatic carbocycles. The summed E-state index contributed by atoms with van der Waals surface area (Å²) in [5.74, 6) is 0.460. The Kier molecular flexibility index (Phi) is 5.44. The van der Waals surface area contributed by atoms with Gasteiger partial charge in [0.1, 0.15) is 0 Å². The Morgan fingerprint density at radius 3 is 2.53 bits per heavy atom. The Morgan fingerprint density at radius 1 is 1.00 bits per heavy atom. The van der Waals surface area contributed by atoms with Gasteiger partial charge in [-0.05, 0) is 78.4 Å². The lowest BCUT2D eigenvalue weighted by Crippen LogP contribution is -2.29. The van der Waals surface area contributed by atoms with Gasteiger partial charge in [-0.25, -0.2) is 8.42 Å². The number of aryl methyl sites for hydroxylation is 1. The maximum Gasteiger partial charge on any atom is 0.261 e. The van der Waals surface area contributed by atoms with Crippen LogP contribution in [0, 0.1) is 12.8 Å². The summed E-state index contributed by atoms with van der Waals surface area (Å²) in [6.07, 6.45) is 5.31. The van der Waals surface area contributed by atoms with Crippen molar-refractivity contribution in [1.82, 2.24) is 0 Å². The van der Waals surface area contributed by atoms with Crippen molar-refractivity contribution in [1.29, 1.82) is 0 Å². The third kappa shape index (κ3) is 3.90. The van der Waals surface area contributed by atoms with Crippen LogP contribution in [0.25, 0.3) is 0 Å². The third-order valence-corrected chi connectivity index (χ3v) is 8.34. The second-order valence-corrected chi connectivity index (χ2v) is 10.9. The minimum atomic E-state index is -3.75. The predicted octanol–water partition coefficient (Wildman–Crippen LogP) is 6.93. The lowest BCUT2D eigenvalue weighted by Gasteiger charge is -2.37. The van der Waals surface area contributed by atoms with Gasteiger partial charge in [-0.2, -0.15) is 0 Å². The molecule has 7 heteroatoms. The molecule has 4 nitrogen and oxygen atoms in total. The van der Waals surface area contributed by atoms with Gasteiger partial charge in [0, 0.05) is 21.7 Å². The molecule has 0 unspecified atom stereocenters. The zero-order valence-corrected chi connectivity index (χ0v) is 19.7. The molecule has 3 aromatic carbocycles. The fraction of sp³-hybridized carbons (Fsp3) is 0.200. The fourth-order valence-electron chi connectivity index (χ4n) is 4.61. The second-order valence-electron chi connectivity index (χ2n) is 8.35. The molecule has 3 aromatic rings. The lowest BCUT2D eigenvalue weighted by atomic mass is 9.77. The van der Waals surface area contributed by atoms with E-state index in [2.05, 4.69) is 34.3 Å². The number of fused-ring (bicyclic) bond motifs is 3. The fourth-order valence-corrected chi connectivity index (χ4v) is 6.00. The van der Waals surface area contributed by atoms with E-state index in [0.717, 1.165) is 23.2 Å². The maximum atomic E-state index is 13.1. The first-order chi connectivity index (χ1) is 15.3. The first kappa shape index (κ1) is 21.4. The Morgan fingerprint density at radius 2 is 1.78 bits per heavy atom. The minimum absolute atomic E-state index is 0.134. The van der Waals surface area contributed by atoms with Crippen LogP contribution in [0.3, 0.4) is 0 Å². The van der Waals surface area contributed by atoms with Crippen LogP contribution in [0.2, 0.25) is 10.0 Å². The van der Waals surface area contributed by atoms with Crippen molar-refractivity contribution < 1.29 is 8.42 Å². The molecule has 0 radical (unpaired) electrons. The summed E-state index contributed by atoms with van der Waals surface area (Å²) in [7, 11) is -3.75. The molecule has 0 bridgehead atoms. The van der Waals surface area contributed by atoms with Gasteiger partial charge >= 0.3 is 0 Å². The molecule has 0 saturated carbocycles. The van der Waals surface area contributed by atoms with Crippen molar-refractivity contribution in [3.05, 3.63) is 99.6 Å². The number of allylic oxidation sites excluding steroid dienone is 2. The summed E-state index contributed by atoms with van der Waals surface area (Å²) in [4.78, 5) is 0.235. The van der Waals surface area contributed by atoms with Crippen LogP contribution in [0.15, 0.2) is 77.7 Å². The number of halogens is 2. The van der Waals surface area contributed by atoms with E-state index in [9.17, 15) is 8.42 Å². The Balaban J connectivity index is 1.48. The first-order valence-electron chi connectivity index (χ1n) is 10.4. The Labute approximate surface area is 198 Å². The molecule has 0 fully saturated rings. The van der Waals surface area contributed by atoms with Crippen LogP contribution < -0.4 is 10.0 Å². The van der Waals surface area contributed by atoms with E-state index in [4.69, 9.17) is 23.2 Å². The summed E-state index contributed by atoms with van der Waals surface area (Å²) in [5, 5.41) is 4.86. The summed E-state index contributed by atoms with van der Waals surface area (Å²) in [5.41, 5.74) is 4.46. The molecule has 0 amide bonds. The number of nitrogens with one attached hydrogen (secondary N) is 2. The summed E-state index contributed by atoms with van der Waals surface area (Å²) >= 11 is 12.2. The average Bonchev–Trinajstić information content (AvgIpc) is 3.26. The van der Waals surface area contributed by atoms with E-state index in [1.807, 2.05) is 25.1 Å². The molecular weight excluding hydrogens is 463 g/mol. The van der Waals surface area contributed by atoms with Crippen LogP contribution in [-0.4, -0.2) is 8.42 Å². The van der Waals surface area contributed by atoms with Gasteiger partial charge in [0.15, 0.2) is 0 Å². The predicted molar refractivity (Wildman–Crippen MR) is 131 cm³/mol. The molecule has 1 aliphatic heterocycles. The number of hydrogen-bond donors (Lipinski definition) is 2. The summed E-state index contributed by atoms with van der Waals surface area (Å²) < 4.78 is 28.8. The zero-order chi connectivity index (χ0) is 22.5. The van der Waals surface area contributed by atoms with Crippen LogP contribution in [0.1, 0.15) is 35.1 Å². The molecule has 32 heavy (non-hydrogen) atoms. The van der Waals surface area contributed by atoms with Gasteiger partial charge in [0.05, 0.1) is 16.6 Å². The van der Waals surface area contributed by atoms with Crippen molar-refractivity contribution in [2.24, 2.45) is 5.92 Å². The van der Waals surface area contributed by atoms with Crippen molar-refractivity contribution in [3.63, 3.8) is 0 Å². The topological polar surface area (TPSA) is 58.2 Å². The monoisotopic (exact) mass is 484 g/mol. The minimum Gasteiger partial charge on any atom is -0.378 e. The van der Waals surface area contributed by atoms with E-state index >= 15 is 0 Å². The van der Waals surface area contributed by atoms with E-state index < -0.39 is 10.0 Å². The Bertz CT molecular complexity index is 1320. The van der Waals surface area contributed by atoms with Crippen LogP contribution in [0.5, 0.6) is 0 Å². The van der Waals surface area contributed by atoms with Crippen LogP contribution in [-0.2, 0) is 10.0 Å². The largest absolute Gasteiger partial charge is 0.378 e. The van der Waals surface area contributed by atoms with E-state index in [-0.39, 0.29) is 16.9 Å². The molecule has 2 N–H and O–H groups in total. The number of hydrogen-bond acceptors (Lipinski definition) is 3. The smallest absolute Gasteiger partial charge is 0.261 e. The first-order valence-corrected chi connectivity index (χ1v) is 12.7. The normalized spacial score (nSPS) is 21.5. The van der Waals surface area contributed by atoms with Gasteiger partial charge in [-0.3, -0.25) is 4.72 Å². The highest BCUT2D eigenvalue weighted by molar-refractivity contribution is 7.92. The second kappa shape index (κ2) is 8.14. The highest BCUT2D eigenvalue weighted by Crippen LogP contribution is 2.50. The highest BCUT2D eigenvalue weighted by Gasteiger charge is 2.38. The molecular formula is C25H22Cl2N2O2S. The molecule has 0 aromatic heterocycles. The van der Waals surface area contributed by atoms with Crippen molar-refractivity contribution >= 4 is 44.6 Å². The zero-order valence-electron chi connectivity index (χ0n) is 17.3. The Hall–Kier alpha value is -2.47. The van der Waals surface area contributed by atoms with Gasteiger partial charge in [-0.15, -0.1) is 0 Å². The summed E-state index contributed by atoms with van der Waals surface area (Å²) in [6, 6.07) is 18.5. The van der Waals surface area contributed by atoms with Crippen LogP contribution >= 0.6 is 23.2 Å². The van der Waals surface area contributed by atoms with Crippen molar-refractivity contribution in [3.8, 4) is 0 Å². The molecule has 2 aliphatic rings. The highest BCUT2D eigenvalue weighted by atomic mass is 35.5. The molecule has 3 atom stereocenters. The van der Waals surface area contributed by atoms with E-state index in [1.54, 1.807) is 30.3 Å². The van der Waals surface area contributed by atoms with Gasteiger partial charge in [0.2, 0.25) is 0 Å². The number of anilines is 2. The summed E-state index contributed by atoms with van der Waals surface area (Å²) in [6.45, 7) is 1.87. The van der Waals surface area contributed by atoms with Gasteiger partial charge < -0.3 is 5.32 Å². The number of benzene rings is 3. The average molecular weight is 485 g/mol. The van der Waals surface area contributed by atoms with E-state index in [1.165, 1.54) is 5.56 Å². The lowest BCUT2D eigenvalue weighted by molar-refractivity contribution is 0.425. The molecule has 0 spiro atoms.